The zero-order valence-corrected chi connectivity index (χ0v) is 31.4. The number of nitrogens with zero attached hydrogens (tertiary/aromatic N) is 3. The Morgan fingerprint density at radius 1 is 1.20 bits per heavy atom. The quantitative estimate of drug-likeness (QED) is 0.131. The fraction of sp³-hybridized carbons (Fsp3) is 0.632. The molecule has 0 saturated carbocycles. The summed E-state index contributed by atoms with van der Waals surface area (Å²) in [6, 6.07) is 6.82. The van der Waals surface area contributed by atoms with Crippen molar-refractivity contribution in [3.63, 3.8) is 0 Å². The van der Waals surface area contributed by atoms with Crippen molar-refractivity contribution in [2.45, 2.75) is 74.2 Å². The number of benzene rings is 1. The highest BCUT2D eigenvalue weighted by Gasteiger charge is 2.77. The van der Waals surface area contributed by atoms with E-state index in [4.69, 9.17) is 14.2 Å². The van der Waals surface area contributed by atoms with Crippen LogP contribution in [0.5, 0.6) is 0 Å². The smallest absolute Gasteiger partial charge is 0.306 e. The highest BCUT2D eigenvalue weighted by Crippen LogP contribution is 2.61. The molecule has 1 aromatic rings. The Morgan fingerprint density at radius 3 is 2.57 bits per heavy atom. The number of carbonyl (C=O) groups is 4. The number of hydrogen-bond donors (Lipinski definition) is 2. The number of amides is 3. The minimum Gasteiger partial charge on any atom is -0.463 e. The molecule has 1 unspecified atom stereocenters. The van der Waals surface area contributed by atoms with Crippen LogP contribution in [0, 0.1) is 17.8 Å². The molecule has 4 heterocycles. The normalized spacial score (nSPS) is 28.8. The van der Waals surface area contributed by atoms with Crippen LogP contribution >= 0.6 is 15.9 Å². The molecule has 4 aliphatic heterocycles. The van der Waals surface area contributed by atoms with E-state index >= 15 is 0 Å². The van der Waals surface area contributed by atoms with Gasteiger partial charge in [-0.1, -0.05) is 78.7 Å². The van der Waals surface area contributed by atoms with Crippen molar-refractivity contribution in [2.75, 3.05) is 59.2 Å². The molecule has 1 spiro atoms. The zero-order chi connectivity index (χ0) is 36.7. The molecule has 2 bridgehead atoms. The number of fused-ring (bicyclic) bond motifs is 1. The molecular formula is C38H53BrN4O8. The van der Waals surface area contributed by atoms with Gasteiger partial charge in [0.2, 0.25) is 17.7 Å². The highest BCUT2D eigenvalue weighted by atomic mass is 79.9. The van der Waals surface area contributed by atoms with Crippen LogP contribution in [0.4, 0.5) is 0 Å². The molecule has 0 aromatic heterocycles. The van der Waals surface area contributed by atoms with Crippen LogP contribution in [0.15, 0.2) is 55.6 Å². The number of allylic oxidation sites excluding steroid dienone is 1. The predicted molar refractivity (Wildman–Crippen MR) is 195 cm³/mol. The number of morpholine rings is 1. The molecule has 1 aromatic carbocycles. The van der Waals surface area contributed by atoms with Gasteiger partial charge in [-0.2, -0.15) is 0 Å². The van der Waals surface area contributed by atoms with Crippen molar-refractivity contribution in [2.24, 2.45) is 17.8 Å². The minimum absolute atomic E-state index is 0.0983. The lowest BCUT2D eigenvalue weighted by molar-refractivity contribution is -0.152. The molecule has 9 atom stereocenters. The van der Waals surface area contributed by atoms with E-state index in [9.17, 15) is 24.3 Å². The lowest BCUT2D eigenvalue weighted by Crippen LogP contribution is -2.60. The summed E-state index contributed by atoms with van der Waals surface area (Å²) in [6.07, 6.45) is 4.29. The lowest BCUT2D eigenvalue weighted by Gasteiger charge is -2.41. The number of hydrogen-bond acceptors (Lipinski definition) is 9. The average molecular weight is 774 g/mol. The number of likely N-dealkylation sites (tertiary alicyclic amines) is 1. The van der Waals surface area contributed by atoms with Gasteiger partial charge in [-0.05, 0) is 24.3 Å². The summed E-state index contributed by atoms with van der Waals surface area (Å²) >= 11 is 3.76. The molecule has 51 heavy (non-hydrogen) atoms. The molecule has 3 amide bonds. The molecular weight excluding hydrogens is 720 g/mol. The summed E-state index contributed by atoms with van der Waals surface area (Å²) in [5.41, 5.74) is -0.561. The minimum atomic E-state index is -1.30. The van der Waals surface area contributed by atoms with E-state index < -0.39 is 53.5 Å². The first-order valence-electron chi connectivity index (χ1n) is 18.2. The zero-order valence-electron chi connectivity index (χ0n) is 29.8. The van der Waals surface area contributed by atoms with Crippen LogP contribution in [0.1, 0.15) is 51.1 Å². The molecule has 4 aliphatic rings. The Balaban J connectivity index is 1.47. The summed E-state index contributed by atoms with van der Waals surface area (Å²) in [6.45, 7) is 15.2. The first-order chi connectivity index (χ1) is 24.6. The topological polar surface area (TPSA) is 138 Å². The van der Waals surface area contributed by atoms with E-state index in [-0.39, 0.29) is 48.7 Å². The number of rotatable bonds is 18. The Bertz CT molecular complexity index is 1410. The number of nitrogens with one attached hydrogen (secondary N) is 1. The van der Waals surface area contributed by atoms with E-state index in [0.29, 0.717) is 45.6 Å². The second-order valence-electron chi connectivity index (χ2n) is 14.1. The van der Waals surface area contributed by atoms with Crippen LogP contribution in [0.3, 0.4) is 0 Å². The standard InChI is InChI=1S/C38H53BrN4O8/c1-5-8-14-30(45)50-24-28(26-12-10-9-11-13-26)40-35(46)31-32-36(47)43(29(23-44)25(4)7-3)34(38(32)22-27(39)33(31)51-38)37(48)42(15-6-2)17-16-41-18-20-49-21-19-41/h5-6,9-13,25,27-29,31-34,44H,1-2,7-8,14-24H2,3-4H3,(H,40,46)/t25-,27?,28+,29-,31+,32-,33+,34+,38-/m0/s1. The monoisotopic (exact) mass is 772 g/mol. The third kappa shape index (κ3) is 8.12. The van der Waals surface area contributed by atoms with Crippen LogP contribution in [0.2, 0.25) is 0 Å². The van der Waals surface area contributed by atoms with Gasteiger partial charge in [0.15, 0.2) is 0 Å². The summed E-state index contributed by atoms with van der Waals surface area (Å²) in [4.78, 5) is 61.8. The van der Waals surface area contributed by atoms with Crippen molar-refractivity contribution < 1.29 is 38.5 Å². The summed E-state index contributed by atoms with van der Waals surface area (Å²) in [7, 11) is 0. The second-order valence-corrected chi connectivity index (χ2v) is 15.2. The first-order valence-corrected chi connectivity index (χ1v) is 19.1. The van der Waals surface area contributed by atoms with Gasteiger partial charge in [-0.25, -0.2) is 0 Å². The van der Waals surface area contributed by atoms with Crippen molar-refractivity contribution in [3.05, 3.63) is 61.2 Å². The SMILES string of the molecule is C=CCCC(=O)OC[C@@H](NC(=O)[C@H]1[C@@H]2O[C@@]3(CC2Br)[C@@H]1C(=O)N([C@@H](CO)[C@@H](C)CC)[C@@H]3C(=O)N(CC=C)CCN1CCOCC1)c1ccccc1. The van der Waals surface area contributed by atoms with Crippen LogP contribution in [-0.2, 0) is 33.4 Å². The van der Waals surface area contributed by atoms with Crippen LogP contribution < -0.4 is 5.32 Å². The molecule has 0 radical (unpaired) electrons. The largest absolute Gasteiger partial charge is 0.463 e. The van der Waals surface area contributed by atoms with Gasteiger partial charge in [-0.15, -0.1) is 13.2 Å². The van der Waals surface area contributed by atoms with Gasteiger partial charge in [0.05, 0.1) is 49.8 Å². The van der Waals surface area contributed by atoms with Crippen LogP contribution in [0.25, 0.3) is 0 Å². The predicted octanol–water partition coefficient (Wildman–Crippen LogP) is 2.86. The van der Waals surface area contributed by atoms with E-state index in [0.717, 1.165) is 18.7 Å². The third-order valence-electron chi connectivity index (χ3n) is 11.0. The van der Waals surface area contributed by atoms with Gasteiger partial charge in [0.1, 0.15) is 18.2 Å². The van der Waals surface area contributed by atoms with Gasteiger partial charge in [0.25, 0.3) is 0 Å². The number of aliphatic hydroxyl groups is 1. The molecule has 280 valence electrons. The number of aliphatic hydroxyl groups excluding tert-OH is 1. The Morgan fingerprint density at radius 2 is 1.92 bits per heavy atom. The van der Waals surface area contributed by atoms with E-state index in [1.54, 1.807) is 22.0 Å². The molecule has 0 aliphatic carbocycles. The maximum atomic E-state index is 14.9. The Kier molecular flexibility index (Phi) is 13.5. The van der Waals surface area contributed by atoms with Crippen molar-refractivity contribution in [1.82, 2.24) is 20.0 Å². The summed E-state index contributed by atoms with van der Waals surface area (Å²) in [5.74, 6) is -3.50. The molecule has 5 rings (SSSR count). The molecule has 12 nitrogen and oxygen atoms in total. The Labute approximate surface area is 309 Å². The van der Waals surface area contributed by atoms with E-state index in [1.807, 2.05) is 44.2 Å². The number of ether oxygens (including phenoxy) is 3. The van der Waals surface area contributed by atoms with Crippen LogP contribution in [-0.4, -0.2) is 131 Å². The van der Waals surface area contributed by atoms with Crippen molar-refractivity contribution in [3.8, 4) is 0 Å². The Hall–Kier alpha value is -3.10. The average Bonchev–Trinajstić information content (AvgIpc) is 3.74. The molecule has 4 saturated heterocycles. The fourth-order valence-corrected chi connectivity index (χ4v) is 9.11. The molecule has 2 N–H and O–H groups in total. The van der Waals surface area contributed by atoms with Gasteiger partial charge < -0.3 is 34.4 Å². The maximum absolute atomic E-state index is 14.9. The van der Waals surface area contributed by atoms with Crippen molar-refractivity contribution in [1.29, 1.82) is 0 Å². The maximum Gasteiger partial charge on any atom is 0.306 e. The summed E-state index contributed by atoms with van der Waals surface area (Å²) < 4.78 is 17.8. The van der Waals surface area contributed by atoms with Gasteiger partial charge in [0, 0.05) is 44.0 Å². The third-order valence-corrected chi connectivity index (χ3v) is 11.9. The number of esters is 1. The van der Waals surface area contributed by atoms with E-state index in [1.165, 1.54) is 0 Å². The second kappa shape index (κ2) is 17.6. The number of alkyl halides is 1. The first kappa shape index (κ1) is 39.1. The number of halogens is 1. The van der Waals surface area contributed by atoms with Crippen molar-refractivity contribution >= 4 is 39.6 Å². The number of carbonyl (C=O) groups excluding carboxylic acids is 4. The van der Waals surface area contributed by atoms with E-state index in [2.05, 4.69) is 39.3 Å². The fourth-order valence-electron chi connectivity index (χ4n) is 8.17. The molecule has 4 fully saturated rings. The summed E-state index contributed by atoms with van der Waals surface area (Å²) in [5, 5.41) is 13.8. The van der Waals surface area contributed by atoms with Gasteiger partial charge in [-0.3, -0.25) is 24.1 Å². The lowest BCUT2D eigenvalue weighted by atomic mass is 9.70. The molecule has 13 heteroatoms. The van der Waals surface area contributed by atoms with Gasteiger partial charge >= 0.3 is 5.97 Å². The highest BCUT2D eigenvalue weighted by molar-refractivity contribution is 9.09.